The van der Waals surface area contributed by atoms with Crippen LogP contribution in [0.15, 0.2) is 42.7 Å². The van der Waals surface area contributed by atoms with Gasteiger partial charge in [0.05, 0.1) is 15.6 Å². The number of hydrogen-bond donors (Lipinski definition) is 2. The number of benzene rings is 2. The van der Waals surface area contributed by atoms with Crippen LogP contribution >= 0.6 is 23.2 Å². The van der Waals surface area contributed by atoms with Gasteiger partial charge in [-0.15, -0.1) is 0 Å². The third-order valence-corrected chi connectivity index (χ3v) is 4.38. The van der Waals surface area contributed by atoms with Crippen LogP contribution in [0.1, 0.15) is 11.1 Å². The SMILES string of the molecule is Cc1ccc(C)c(Nc2ncnc(Nc3ccc(Cl)cc3Cl)c2[N+](=O)[O-])c1. The Kier molecular flexibility index (Phi) is 5.43. The molecule has 0 atom stereocenters. The van der Waals surface area contributed by atoms with Crippen molar-refractivity contribution >= 4 is 51.9 Å². The summed E-state index contributed by atoms with van der Waals surface area (Å²) in [4.78, 5) is 19.2. The molecule has 0 unspecified atom stereocenters. The van der Waals surface area contributed by atoms with E-state index in [9.17, 15) is 10.1 Å². The minimum atomic E-state index is -0.542. The Morgan fingerprint density at radius 3 is 2.26 bits per heavy atom. The Bertz CT molecular complexity index is 1030. The van der Waals surface area contributed by atoms with Crippen LogP contribution in [0, 0.1) is 24.0 Å². The van der Waals surface area contributed by atoms with E-state index < -0.39 is 4.92 Å². The quantitative estimate of drug-likeness (QED) is 0.413. The monoisotopic (exact) mass is 403 g/mol. The molecule has 27 heavy (non-hydrogen) atoms. The number of rotatable bonds is 5. The molecular formula is C18H15Cl2N5O2. The molecule has 9 heteroatoms. The number of halogens is 2. The van der Waals surface area contributed by atoms with Crippen molar-refractivity contribution in [2.24, 2.45) is 0 Å². The highest BCUT2D eigenvalue weighted by molar-refractivity contribution is 6.36. The first-order valence-corrected chi connectivity index (χ1v) is 8.66. The average molecular weight is 404 g/mol. The van der Waals surface area contributed by atoms with Gasteiger partial charge in [-0.25, -0.2) is 9.97 Å². The zero-order chi connectivity index (χ0) is 19.6. The van der Waals surface area contributed by atoms with Gasteiger partial charge in [0.2, 0.25) is 11.6 Å². The van der Waals surface area contributed by atoms with Gasteiger partial charge in [-0.3, -0.25) is 10.1 Å². The fraction of sp³-hybridized carbons (Fsp3) is 0.111. The van der Waals surface area contributed by atoms with E-state index in [-0.39, 0.29) is 17.3 Å². The highest BCUT2D eigenvalue weighted by Crippen LogP contribution is 2.35. The predicted octanol–water partition coefficient (Wildman–Crippen LogP) is 5.80. The average Bonchev–Trinajstić information content (AvgIpc) is 2.60. The maximum absolute atomic E-state index is 11.7. The lowest BCUT2D eigenvalue weighted by atomic mass is 10.1. The second-order valence-electron chi connectivity index (χ2n) is 5.87. The Labute approximate surface area is 165 Å². The third kappa shape index (κ3) is 4.27. The van der Waals surface area contributed by atoms with Crippen LogP contribution in [0.4, 0.5) is 28.7 Å². The number of aryl methyl sites for hydroxylation is 2. The van der Waals surface area contributed by atoms with E-state index in [0.717, 1.165) is 16.8 Å². The Hall–Kier alpha value is -2.90. The molecule has 0 bridgehead atoms. The molecule has 3 rings (SSSR count). The molecule has 138 valence electrons. The first-order valence-electron chi connectivity index (χ1n) is 7.91. The summed E-state index contributed by atoms with van der Waals surface area (Å²) in [6.45, 7) is 3.84. The fourth-order valence-electron chi connectivity index (χ4n) is 2.45. The summed E-state index contributed by atoms with van der Waals surface area (Å²) in [5, 5.41) is 18.4. The van der Waals surface area contributed by atoms with Crippen molar-refractivity contribution in [1.82, 2.24) is 9.97 Å². The Morgan fingerprint density at radius 2 is 1.63 bits per heavy atom. The standard InChI is InChI=1S/C18H15Cl2N5O2/c1-10-3-4-11(2)15(7-10)24-18-16(25(26)27)17(21-9-22-18)23-14-6-5-12(19)8-13(14)20/h3-9H,1-2H3,(H2,21,22,23,24). The van der Waals surface area contributed by atoms with Crippen LogP contribution in [0.3, 0.4) is 0 Å². The van der Waals surface area contributed by atoms with E-state index in [0.29, 0.717) is 15.7 Å². The zero-order valence-corrected chi connectivity index (χ0v) is 16.0. The summed E-state index contributed by atoms with van der Waals surface area (Å²) in [6.07, 6.45) is 1.24. The molecular weight excluding hydrogens is 389 g/mol. The molecule has 0 saturated carbocycles. The van der Waals surface area contributed by atoms with Gasteiger partial charge in [0, 0.05) is 10.7 Å². The van der Waals surface area contributed by atoms with Crippen LogP contribution in [0.2, 0.25) is 10.0 Å². The van der Waals surface area contributed by atoms with Crippen molar-refractivity contribution in [2.75, 3.05) is 10.6 Å². The van der Waals surface area contributed by atoms with Crippen LogP contribution < -0.4 is 10.6 Å². The highest BCUT2D eigenvalue weighted by atomic mass is 35.5. The Balaban J connectivity index is 2.02. The van der Waals surface area contributed by atoms with Crippen molar-refractivity contribution in [3.8, 4) is 0 Å². The maximum atomic E-state index is 11.7. The lowest BCUT2D eigenvalue weighted by Gasteiger charge is -2.12. The van der Waals surface area contributed by atoms with Crippen LogP contribution in [-0.4, -0.2) is 14.9 Å². The summed E-state index contributed by atoms with van der Waals surface area (Å²) in [6, 6.07) is 10.6. The minimum Gasteiger partial charge on any atom is -0.334 e. The van der Waals surface area contributed by atoms with Gasteiger partial charge < -0.3 is 10.6 Å². The van der Waals surface area contributed by atoms with Gasteiger partial charge in [-0.2, -0.15) is 0 Å². The smallest absolute Gasteiger partial charge is 0.334 e. The summed E-state index contributed by atoms with van der Waals surface area (Å²) >= 11 is 12.0. The molecule has 0 fully saturated rings. The van der Waals surface area contributed by atoms with Crippen molar-refractivity contribution in [1.29, 1.82) is 0 Å². The maximum Gasteiger partial charge on any atom is 0.353 e. The number of nitrogens with zero attached hydrogens (tertiary/aromatic N) is 3. The molecule has 1 aromatic heterocycles. The number of nitrogens with one attached hydrogen (secondary N) is 2. The normalized spacial score (nSPS) is 10.5. The lowest BCUT2D eigenvalue weighted by Crippen LogP contribution is -2.06. The fourth-order valence-corrected chi connectivity index (χ4v) is 2.91. The lowest BCUT2D eigenvalue weighted by molar-refractivity contribution is -0.383. The first-order chi connectivity index (χ1) is 12.8. The minimum absolute atomic E-state index is 0.0204. The van der Waals surface area contributed by atoms with E-state index >= 15 is 0 Å². The largest absolute Gasteiger partial charge is 0.353 e. The van der Waals surface area contributed by atoms with Crippen LogP contribution in [0.25, 0.3) is 0 Å². The summed E-state index contributed by atoms with van der Waals surface area (Å²) in [5.41, 5.74) is 2.84. The van der Waals surface area contributed by atoms with Crippen LogP contribution in [0.5, 0.6) is 0 Å². The molecule has 0 spiro atoms. The number of hydrogen-bond acceptors (Lipinski definition) is 6. The van der Waals surface area contributed by atoms with Gasteiger partial charge in [-0.1, -0.05) is 35.3 Å². The first kappa shape index (κ1) is 18.9. The van der Waals surface area contributed by atoms with Crippen molar-refractivity contribution in [3.63, 3.8) is 0 Å². The van der Waals surface area contributed by atoms with Crippen molar-refractivity contribution < 1.29 is 4.92 Å². The van der Waals surface area contributed by atoms with Crippen molar-refractivity contribution in [2.45, 2.75) is 13.8 Å². The van der Waals surface area contributed by atoms with Crippen molar-refractivity contribution in [3.05, 3.63) is 74.0 Å². The van der Waals surface area contributed by atoms with E-state index in [1.807, 2.05) is 32.0 Å². The molecule has 2 N–H and O–H groups in total. The second kappa shape index (κ2) is 7.77. The molecule has 0 aliphatic heterocycles. The van der Waals surface area contributed by atoms with Gasteiger partial charge >= 0.3 is 5.69 Å². The number of anilines is 4. The predicted molar refractivity (Wildman–Crippen MR) is 108 cm³/mol. The molecule has 7 nitrogen and oxygen atoms in total. The van der Waals surface area contributed by atoms with Gasteiger partial charge in [0.1, 0.15) is 6.33 Å². The zero-order valence-electron chi connectivity index (χ0n) is 14.5. The summed E-state index contributed by atoms with van der Waals surface area (Å²) < 4.78 is 0. The molecule has 0 aliphatic carbocycles. The molecule has 1 heterocycles. The summed E-state index contributed by atoms with van der Waals surface area (Å²) in [7, 11) is 0. The van der Waals surface area contributed by atoms with E-state index in [1.165, 1.54) is 12.4 Å². The topological polar surface area (TPSA) is 93.0 Å². The van der Waals surface area contributed by atoms with Crippen LogP contribution in [-0.2, 0) is 0 Å². The van der Waals surface area contributed by atoms with E-state index in [4.69, 9.17) is 23.2 Å². The molecule has 2 aromatic carbocycles. The second-order valence-corrected chi connectivity index (χ2v) is 6.71. The molecule has 0 saturated heterocycles. The highest BCUT2D eigenvalue weighted by Gasteiger charge is 2.24. The Morgan fingerprint density at radius 1 is 0.963 bits per heavy atom. The number of nitro groups is 1. The summed E-state index contributed by atoms with van der Waals surface area (Å²) in [5.74, 6) is 0.100. The van der Waals surface area contributed by atoms with Gasteiger partial charge in [0.15, 0.2) is 0 Å². The molecule has 0 radical (unpaired) electrons. The molecule has 0 aliphatic rings. The van der Waals surface area contributed by atoms with Gasteiger partial charge in [0.25, 0.3) is 0 Å². The van der Waals surface area contributed by atoms with E-state index in [2.05, 4.69) is 20.6 Å². The third-order valence-electron chi connectivity index (χ3n) is 3.84. The molecule has 3 aromatic rings. The number of aromatic nitrogens is 2. The van der Waals surface area contributed by atoms with Gasteiger partial charge in [-0.05, 0) is 49.2 Å². The molecule has 0 amide bonds. The van der Waals surface area contributed by atoms with E-state index in [1.54, 1.807) is 12.1 Å².